The Labute approximate surface area is 235 Å². The first kappa shape index (κ1) is 28.6. The highest BCUT2D eigenvalue weighted by Gasteiger charge is 2.28. The molecule has 2 amide bonds. The molecule has 2 N–H and O–H groups in total. The minimum Gasteiger partial charge on any atom is -0.348 e. The maximum atomic E-state index is 13.7. The maximum absolute atomic E-state index is 13.7. The Balaban J connectivity index is 1.58. The Kier molecular flexibility index (Phi) is 9.01. The van der Waals surface area contributed by atoms with Gasteiger partial charge in [0.1, 0.15) is 6.54 Å². The molecule has 0 aliphatic carbocycles. The van der Waals surface area contributed by atoms with Gasteiger partial charge in [-0.05, 0) is 60.4 Å². The van der Waals surface area contributed by atoms with Crippen molar-refractivity contribution in [2.24, 2.45) is 0 Å². The van der Waals surface area contributed by atoms with Gasteiger partial charge < -0.3 is 10.6 Å². The number of nitrogens with one attached hydrogen (secondary N) is 2. The molecule has 0 unspecified atom stereocenters. The lowest BCUT2D eigenvalue weighted by Gasteiger charge is -2.25. The van der Waals surface area contributed by atoms with Gasteiger partial charge in [0.25, 0.3) is 15.9 Å². The van der Waals surface area contributed by atoms with Crippen LogP contribution in [0.15, 0.2) is 108 Å². The molecule has 0 bridgehead atoms. The van der Waals surface area contributed by atoms with Crippen LogP contribution in [0.1, 0.15) is 46.8 Å². The number of hydrogen-bond acceptors (Lipinski definition) is 4. The molecule has 0 aliphatic rings. The largest absolute Gasteiger partial charge is 0.348 e. The molecule has 7 nitrogen and oxygen atoms in total. The molecule has 4 aromatic rings. The summed E-state index contributed by atoms with van der Waals surface area (Å²) >= 11 is 0. The first-order valence-corrected chi connectivity index (χ1v) is 14.5. The van der Waals surface area contributed by atoms with Gasteiger partial charge >= 0.3 is 0 Å². The summed E-state index contributed by atoms with van der Waals surface area (Å²) in [5.74, 6) is -0.663. The van der Waals surface area contributed by atoms with Crippen LogP contribution < -0.4 is 14.9 Å². The van der Waals surface area contributed by atoms with Crippen LogP contribution in [0, 0.1) is 6.92 Å². The number of hydrogen-bond donors (Lipinski definition) is 2. The predicted molar refractivity (Wildman–Crippen MR) is 159 cm³/mol. The van der Waals surface area contributed by atoms with E-state index in [2.05, 4.69) is 24.5 Å². The Morgan fingerprint density at radius 3 is 2.08 bits per heavy atom. The zero-order chi connectivity index (χ0) is 28.7. The van der Waals surface area contributed by atoms with Crippen molar-refractivity contribution < 1.29 is 18.0 Å². The summed E-state index contributed by atoms with van der Waals surface area (Å²) in [5, 5.41) is 5.61. The molecule has 40 heavy (non-hydrogen) atoms. The van der Waals surface area contributed by atoms with Crippen molar-refractivity contribution in [2.45, 2.75) is 38.1 Å². The van der Waals surface area contributed by atoms with E-state index in [4.69, 9.17) is 0 Å². The molecule has 0 aliphatic heterocycles. The van der Waals surface area contributed by atoms with Gasteiger partial charge in [-0.15, -0.1) is 0 Å². The van der Waals surface area contributed by atoms with Crippen LogP contribution in [0.3, 0.4) is 0 Å². The summed E-state index contributed by atoms with van der Waals surface area (Å²) < 4.78 is 28.5. The smallest absolute Gasteiger partial charge is 0.264 e. The van der Waals surface area contributed by atoms with E-state index in [0.29, 0.717) is 17.9 Å². The number of rotatable bonds is 10. The van der Waals surface area contributed by atoms with E-state index in [1.54, 1.807) is 48.5 Å². The molecule has 0 radical (unpaired) electrons. The minimum absolute atomic E-state index is 0.0829. The van der Waals surface area contributed by atoms with E-state index in [1.807, 2.05) is 49.4 Å². The van der Waals surface area contributed by atoms with Gasteiger partial charge in [-0.1, -0.05) is 86.1 Å². The lowest BCUT2D eigenvalue weighted by Crippen LogP contribution is -2.38. The quantitative estimate of drug-likeness (QED) is 0.255. The summed E-state index contributed by atoms with van der Waals surface area (Å²) in [7, 11) is -4.06. The molecule has 4 rings (SSSR count). The average molecular weight is 556 g/mol. The van der Waals surface area contributed by atoms with Gasteiger partial charge in [0.05, 0.1) is 21.8 Å². The van der Waals surface area contributed by atoms with E-state index < -0.39 is 22.5 Å². The fourth-order valence-electron chi connectivity index (χ4n) is 4.16. The molecule has 0 fully saturated rings. The van der Waals surface area contributed by atoms with Gasteiger partial charge in [0.2, 0.25) is 5.91 Å². The van der Waals surface area contributed by atoms with Crippen LogP contribution in [0.2, 0.25) is 0 Å². The van der Waals surface area contributed by atoms with Crippen LogP contribution in [0.25, 0.3) is 0 Å². The molecular weight excluding hydrogens is 522 g/mol. The Morgan fingerprint density at radius 1 is 0.800 bits per heavy atom. The molecule has 206 valence electrons. The van der Waals surface area contributed by atoms with Gasteiger partial charge in [0.15, 0.2) is 0 Å². The number of sulfonamides is 1. The summed E-state index contributed by atoms with van der Waals surface area (Å²) in [6.07, 6.45) is 0. The molecule has 0 heterocycles. The Bertz CT molecular complexity index is 1570. The fraction of sp³-hybridized carbons (Fsp3) is 0.188. The zero-order valence-corrected chi connectivity index (χ0v) is 23.6. The highest BCUT2D eigenvalue weighted by Crippen LogP contribution is 2.26. The molecule has 0 atom stereocenters. The summed E-state index contributed by atoms with van der Waals surface area (Å²) in [4.78, 5) is 26.3. The van der Waals surface area contributed by atoms with Gasteiger partial charge in [-0.3, -0.25) is 13.9 Å². The summed E-state index contributed by atoms with van der Waals surface area (Å²) in [5.41, 5.74) is 3.86. The molecule has 0 saturated heterocycles. The summed E-state index contributed by atoms with van der Waals surface area (Å²) in [6.45, 7) is 5.83. The van der Waals surface area contributed by atoms with Crippen molar-refractivity contribution in [1.82, 2.24) is 5.32 Å². The highest BCUT2D eigenvalue weighted by molar-refractivity contribution is 7.92. The summed E-state index contributed by atoms with van der Waals surface area (Å²) in [6, 6.07) is 29.8. The topological polar surface area (TPSA) is 95.6 Å². The first-order valence-electron chi connectivity index (χ1n) is 13.1. The number of benzene rings is 4. The average Bonchev–Trinajstić information content (AvgIpc) is 2.95. The van der Waals surface area contributed by atoms with Crippen LogP contribution in [-0.2, 0) is 21.4 Å². The fourth-order valence-corrected chi connectivity index (χ4v) is 5.58. The van der Waals surface area contributed by atoms with E-state index in [-0.39, 0.29) is 22.3 Å². The minimum atomic E-state index is -4.06. The lowest BCUT2D eigenvalue weighted by molar-refractivity contribution is -0.114. The second kappa shape index (κ2) is 12.6. The number of anilines is 2. The number of nitrogens with zero attached hydrogens (tertiary/aromatic N) is 1. The first-order chi connectivity index (χ1) is 19.1. The number of carbonyl (C=O) groups is 2. The van der Waals surface area contributed by atoms with Crippen molar-refractivity contribution in [3.63, 3.8) is 0 Å². The predicted octanol–water partition coefficient (Wildman–Crippen LogP) is 5.88. The number of para-hydroxylation sites is 1. The molecule has 0 saturated carbocycles. The number of amides is 2. The Morgan fingerprint density at radius 2 is 1.43 bits per heavy atom. The van der Waals surface area contributed by atoms with Gasteiger partial charge in [-0.25, -0.2) is 8.42 Å². The third-order valence-electron chi connectivity index (χ3n) is 6.49. The molecule has 4 aromatic carbocycles. The second-order valence-electron chi connectivity index (χ2n) is 9.83. The van der Waals surface area contributed by atoms with Crippen molar-refractivity contribution in [3.8, 4) is 0 Å². The van der Waals surface area contributed by atoms with E-state index in [1.165, 1.54) is 12.1 Å². The standard InChI is InChI=1S/C32H33N3O4S/c1-23(2)26-15-17-27(18-16-26)35(40(38,39)28-19-13-24(3)14-20-28)22-31(36)34-30-12-8-7-11-29(30)32(37)33-21-25-9-5-4-6-10-25/h4-20,23H,21-22H2,1-3H3,(H,33,37)(H,34,36). The van der Waals surface area contributed by atoms with Crippen LogP contribution >= 0.6 is 0 Å². The van der Waals surface area contributed by atoms with Crippen molar-refractivity contribution >= 4 is 33.2 Å². The Hall–Kier alpha value is -4.43. The molecule has 0 spiro atoms. The SMILES string of the molecule is Cc1ccc(S(=O)(=O)N(CC(=O)Nc2ccccc2C(=O)NCc2ccccc2)c2ccc(C(C)C)cc2)cc1. The lowest BCUT2D eigenvalue weighted by atomic mass is 10.0. The van der Waals surface area contributed by atoms with E-state index >= 15 is 0 Å². The highest BCUT2D eigenvalue weighted by atomic mass is 32.2. The van der Waals surface area contributed by atoms with Gasteiger partial charge in [0, 0.05) is 6.54 Å². The second-order valence-corrected chi connectivity index (χ2v) is 11.7. The van der Waals surface area contributed by atoms with Crippen molar-refractivity contribution in [1.29, 1.82) is 0 Å². The van der Waals surface area contributed by atoms with E-state index in [9.17, 15) is 18.0 Å². The van der Waals surface area contributed by atoms with Crippen LogP contribution in [-0.4, -0.2) is 26.8 Å². The molecular formula is C32H33N3O4S. The van der Waals surface area contributed by atoms with Crippen LogP contribution in [0.4, 0.5) is 11.4 Å². The third-order valence-corrected chi connectivity index (χ3v) is 8.27. The normalized spacial score (nSPS) is 11.2. The number of aryl methyl sites for hydroxylation is 1. The third kappa shape index (κ3) is 6.95. The molecule has 8 heteroatoms. The van der Waals surface area contributed by atoms with Crippen molar-refractivity contribution in [2.75, 3.05) is 16.2 Å². The maximum Gasteiger partial charge on any atom is 0.264 e. The monoisotopic (exact) mass is 555 g/mol. The zero-order valence-electron chi connectivity index (χ0n) is 22.8. The number of carbonyl (C=O) groups excluding carboxylic acids is 2. The van der Waals surface area contributed by atoms with Crippen LogP contribution in [0.5, 0.6) is 0 Å². The van der Waals surface area contributed by atoms with Crippen molar-refractivity contribution in [3.05, 3.63) is 125 Å². The molecule has 0 aromatic heterocycles. The van der Waals surface area contributed by atoms with E-state index in [0.717, 1.165) is 21.0 Å². The van der Waals surface area contributed by atoms with Gasteiger partial charge in [-0.2, -0.15) is 0 Å².